The Morgan fingerprint density at radius 1 is 0.886 bits per heavy atom. The van der Waals surface area contributed by atoms with E-state index in [0.717, 1.165) is 35.4 Å². The van der Waals surface area contributed by atoms with Crippen molar-refractivity contribution in [2.24, 2.45) is 0 Å². The topological polar surface area (TPSA) is 79.2 Å². The van der Waals surface area contributed by atoms with Crippen molar-refractivity contribution in [2.75, 3.05) is 26.3 Å². The standard InChI is InChI=1S/C28H27NO6/c30-28-12-8-21-7-9-22(15-26(21)35-28)31-14-4-13-29-17-24-19-33-25-11-10-23(16-27(25)34-24)32-18-20-5-2-1-3-6-20/h1-3,5-12,15-16,24,29H,4,13-14,17-19H2. The quantitative estimate of drug-likeness (QED) is 0.267. The second-order valence-electron chi connectivity index (χ2n) is 8.29. The molecule has 1 unspecified atom stereocenters. The van der Waals surface area contributed by atoms with Crippen LogP contribution < -0.4 is 29.9 Å². The molecule has 5 rings (SSSR count). The van der Waals surface area contributed by atoms with Crippen molar-refractivity contribution in [3.8, 4) is 23.0 Å². The van der Waals surface area contributed by atoms with Crippen molar-refractivity contribution < 1.29 is 23.4 Å². The van der Waals surface area contributed by atoms with Gasteiger partial charge in [0.05, 0.1) is 6.61 Å². The predicted molar refractivity (Wildman–Crippen MR) is 133 cm³/mol. The third-order valence-corrected chi connectivity index (χ3v) is 5.62. The minimum absolute atomic E-state index is 0.0869. The van der Waals surface area contributed by atoms with E-state index in [1.54, 1.807) is 12.1 Å². The molecule has 4 aromatic rings. The fourth-order valence-electron chi connectivity index (χ4n) is 3.81. The Labute approximate surface area is 203 Å². The molecule has 7 heteroatoms. The molecule has 3 aromatic carbocycles. The van der Waals surface area contributed by atoms with Gasteiger partial charge in [-0.2, -0.15) is 0 Å². The van der Waals surface area contributed by atoms with Gasteiger partial charge in [0.1, 0.15) is 36.4 Å². The van der Waals surface area contributed by atoms with Gasteiger partial charge < -0.3 is 28.7 Å². The SMILES string of the molecule is O=c1ccc2ccc(OCCCNCC3COc4ccc(OCc5ccccc5)cc4O3)cc2o1. The smallest absolute Gasteiger partial charge is 0.336 e. The zero-order valence-electron chi connectivity index (χ0n) is 19.3. The van der Waals surface area contributed by atoms with Crippen LogP contribution in [-0.2, 0) is 6.61 Å². The fraction of sp³-hybridized carbons (Fsp3) is 0.250. The van der Waals surface area contributed by atoms with Gasteiger partial charge in [-0.05, 0) is 48.9 Å². The van der Waals surface area contributed by atoms with Gasteiger partial charge in [-0.1, -0.05) is 30.3 Å². The van der Waals surface area contributed by atoms with Crippen LogP contribution in [0.4, 0.5) is 0 Å². The van der Waals surface area contributed by atoms with E-state index >= 15 is 0 Å². The molecule has 0 amide bonds. The Balaban J connectivity index is 1.03. The lowest BCUT2D eigenvalue weighted by Gasteiger charge is -2.27. The van der Waals surface area contributed by atoms with Gasteiger partial charge >= 0.3 is 5.63 Å². The third-order valence-electron chi connectivity index (χ3n) is 5.62. The van der Waals surface area contributed by atoms with Crippen LogP contribution in [0.3, 0.4) is 0 Å². The van der Waals surface area contributed by atoms with Crippen molar-refractivity contribution in [2.45, 2.75) is 19.1 Å². The van der Waals surface area contributed by atoms with Crippen LogP contribution in [0, 0.1) is 0 Å². The highest BCUT2D eigenvalue weighted by Gasteiger charge is 2.21. The lowest BCUT2D eigenvalue weighted by molar-refractivity contribution is 0.0896. The molecule has 0 saturated heterocycles. The van der Waals surface area contributed by atoms with E-state index in [2.05, 4.69) is 5.32 Å². The normalized spacial score (nSPS) is 14.6. The molecule has 1 aliphatic rings. The molecule has 1 atom stereocenters. The van der Waals surface area contributed by atoms with Gasteiger partial charge in [-0.25, -0.2) is 4.79 Å². The second kappa shape index (κ2) is 11.0. The molecule has 35 heavy (non-hydrogen) atoms. The van der Waals surface area contributed by atoms with Crippen LogP contribution in [0.5, 0.6) is 23.0 Å². The summed E-state index contributed by atoms with van der Waals surface area (Å²) in [6, 6.07) is 24.3. The highest BCUT2D eigenvalue weighted by atomic mass is 16.6. The third kappa shape index (κ3) is 6.13. The maximum Gasteiger partial charge on any atom is 0.336 e. The van der Waals surface area contributed by atoms with Crippen molar-refractivity contribution >= 4 is 11.0 Å². The molecule has 7 nitrogen and oxygen atoms in total. The first-order chi connectivity index (χ1) is 17.2. The molecule has 0 saturated carbocycles. The molecule has 180 valence electrons. The molecule has 2 heterocycles. The number of rotatable bonds is 10. The van der Waals surface area contributed by atoms with Crippen molar-refractivity contribution in [1.82, 2.24) is 5.32 Å². The van der Waals surface area contributed by atoms with Crippen LogP contribution in [0.15, 0.2) is 88.1 Å². The minimum Gasteiger partial charge on any atom is -0.493 e. The lowest BCUT2D eigenvalue weighted by Crippen LogP contribution is -2.39. The van der Waals surface area contributed by atoms with E-state index in [1.165, 1.54) is 6.07 Å². The molecular formula is C28H27NO6. The first-order valence-corrected chi connectivity index (χ1v) is 11.7. The Morgan fingerprint density at radius 2 is 1.71 bits per heavy atom. The summed E-state index contributed by atoms with van der Waals surface area (Å²) in [6.45, 7) is 2.97. The number of hydrogen-bond acceptors (Lipinski definition) is 7. The summed E-state index contributed by atoms with van der Waals surface area (Å²) in [6.07, 6.45) is 0.731. The van der Waals surface area contributed by atoms with Gasteiger partial charge in [0, 0.05) is 30.1 Å². The van der Waals surface area contributed by atoms with Crippen LogP contribution in [-0.4, -0.2) is 32.4 Å². The number of nitrogens with one attached hydrogen (secondary N) is 1. The Morgan fingerprint density at radius 3 is 2.63 bits per heavy atom. The molecular weight excluding hydrogens is 446 g/mol. The van der Waals surface area contributed by atoms with Crippen molar-refractivity contribution in [3.05, 3.63) is 94.8 Å². The monoisotopic (exact) mass is 473 g/mol. The van der Waals surface area contributed by atoms with Gasteiger partial charge in [0.25, 0.3) is 0 Å². The fourth-order valence-corrected chi connectivity index (χ4v) is 3.81. The Kier molecular flexibility index (Phi) is 7.15. The average molecular weight is 474 g/mol. The van der Waals surface area contributed by atoms with Crippen LogP contribution in [0.2, 0.25) is 0 Å². The number of fused-ring (bicyclic) bond motifs is 2. The predicted octanol–water partition coefficient (Wildman–Crippen LogP) is 4.57. The van der Waals surface area contributed by atoms with Crippen LogP contribution in [0.25, 0.3) is 11.0 Å². The highest BCUT2D eigenvalue weighted by Crippen LogP contribution is 2.35. The van der Waals surface area contributed by atoms with E-state index < -0.39 is 0 Å². The summed E-state index contributed by atoms with van der Waals surface area (Å²) in [4.78, 5) is 11.4. The molecule has 0 aliphatic carbocycles. The van der Waals surface area contributed by atoms with E-state index in [9.17, 15) is 4.79 Å². The van der Waals surface area contributed by atoms with Crippen molar-refractivity contribution in [3.63, 3.8) is 0 Å². The highest BCUT2D eigenvalue weighted by molar-refractivity contribution is 5.77. The molecule has 1 aromatic heterocycles. The summed E-state index contributed by atoms with van der Waals surface area (Å²) in [5.74, 6) is 2.85. The van der Waals surface area contributed by atoms with Crippen LogP contribution >= 0.6 is 0 Å². The van der Waals surface area contributed by atoms with Crippen LogP contribution in [0.1, 0.15) is 12.0 Å². The summed E-state index contributed by atoms with van der Waals surface area (Å²) < 4.78 is 28.9. The molecule has 0 bridgehead atoms. The first kappa shape index (κ1) is 22.8. The number of benzene rings is 3. The van der Waals surface area contributed by atoms with Gasteiger partial charge in [0.15, 0.2) is 11.5 Å². The molecule has 1 N–H and O–H groups in total. The molecule has 1 aliphatic heterocycles. The second-order valence-corrected chi connectivity index (χ2v) is 8.29. The summed E-state index contributed by atoms with van der Waals surface area (Å²) in [7, 11) is 0. The number of hydrogen-bond donors (Lipinski definition) is 1. The number of ether oxygens (including phenoxy) is 4. The Hall–Kier alpha value is -3.97. The first-order valence-electron chi connectivity index (χ1n) is 11.7. The summed E-state index contributed by atoms with van der Waals surface area (Å²) in [5, 5.41) is 4.26. The maximum atomic E-state index is 11.4. The molecule has 0 radical (unpaired) electrons. The zero-order valence-corrected chi connectivity index (χ0v) is 19.3. The van der Waals surface area contributed by atoms with Gasteiger partial charge in [-0.15, -0.1) is 0 Å². The Bertz CT molecular complexity index is 1320. The average Bonchev–Trinajstić information content (AvgIpc) is 2.89. The minimum atomic E-state index is -0.369. The largest absolute Gasteiger partial charge is 0.493 e. The van der Waals surface area contributed by atoms with E-state index in [4.69, 9.17) is 23.4 Å². The molecule has 0 spiro atoms. The lowest BCUT2D eigenvalue weighted by atomic mass is 10.2. The zero-order chi connectivity index (χ0) is 23.9. The summed E-state index contributed by atoms with van der Waals surface area (Å²) >= 11 is 0. The van der Waals surface area contributed by atoms with E-state index in [1.807, 2.05) is 60.7 Å². The van der Waals surface area contributed by atoms with E-state index in [0.29, 0.717) is 43.4 Å². The van der Waals surface area contributed by atoms with Gasteiger partial charge in [0.2, 0.25) is 0 Å². The maximum absolute atomic E-state index is 11.4. The summed E-state index contributed by atoms with van der Waals surface area (Å²) in [5.41, 5.74) is 1.27. The van der Waals surface area contributed by atoms with Gasteiger partial charge in [-0.3, -0.25) is 0 Å². The molecule has 0 fully saturated rings. The van der Waals surface area contributed by atoms with E-state index in [-0.39, 0.29) is 11.7 Å². The van der Waals surface area contributed by atoms with Crippen molar-refractivity contribution in [1.29, 1.82) is 0 Å².